The molecule has 0 aliphatic rings. The molecule has 0 bridgehead atoms. The lowest BCUT2D eigenvalue weighted by atomic mass is 10.2. The van der Waals surface area contributed by atoms with Crippen LogP contribution in [-0.4, -0.2) is 14.4 Å². The quantitative estimate of drug-likeness (QED) is 0.805. The summed E-state index contributed by atoms with van der Waals surface area (Å²) in [6, 6.07) is 6.65. The molecule has 1 N–H and O–H groups in total. The Balaban J connectivity index is 1.90. The zero-order chi connectivity index (χ0) is 13.2. The highest BCUT2D eigenvalue weighted by Crippen LogP contribution is 2.18. The molecule has 0 aliphatic carbocycles. The van der Waals surface area contributed by atoms with Gasteiger partial charge in [0.2, 0.25) is 0 Å². The van der Waals surface area contributed by atoms with Crippen LogP contribution < -0.4 is 5.32 Å². The zero-order valence-corrected chi connectivity index (χ0v) is 11.4. The molecule has 3 rings (SSSR count). The van der Waals surface area contributed by atoms with E-state index in [1.54, 1.807) is 24.4 Å². The van der Waals surface area contributed by atoms with Gasteiger partial charge in [-0.2, -0.15) is 0 Å². The number of halogens is 2. The second-order valence-electron chi connectivity index (χ2n) is 4.02. The summed E-state index contributed by atoms with van der Waals surface area (Å²) in [6.07, 6.45) is 5.34. The summed E-state index contributed by atoms with van der Waals surface area (Å²) in [6.45, 7) is 0.360. The molecule has 0 spiro atoms. The second kappa shape index (κ2) is 4.97. The standard InChI is InChI=1S/C13H10BrFN4/c14-11-8-19-6-5-16-13(19)12(18-11)17-7-9-3-1-2-4-10(9)15/h1-6,8H,7H2,(H,17,18). The van der Waals surface area contributed by atoms with Gasteiger partial charge in [-0.1, -0.05) is 18.2 Å². The van der Waals surface area contributed by atoms with Crippen LogP contribution in [0.2, 0.25) is 0 Å². The predicted octanol–water partition coefficient (Wildman–Crippen LogP) is 3.24. The van der Waals surface area contributed by atoms with Gasteiger partial charge in [0.1, 0.15) is 10.4 Å². The molecule has 6 heteroatoms. The molecule has 2 heterocycles. The van der Waals surface area contributed by atoms with Crippen molar-refractivity contribution in [3.63, 3.8) is 0 Å². The Hall–Kier alpha value is -1.95. The number of anilines is 1. The number of hydrogen-bond donors (Lipinski definition) is 1. The van der Waals surface area contributed by atoms with E-state index < -0.39 is 0 Å². The highest BCUT2D eigenvalue weighted by molar-refractivity contribution is 9.10. The second-order valence-corrected chi connectivity index (χ2v) is 4.83. The average Bonchev–Trinajstić information content (AvgIpc) is 2.85. The van der Waals surface area contributed by atoms with Crippen LogP contribution in [0.15, 0.2) is 47.5 Å². The Morgan fingerprint density at radius 2 is 2.16 bits per heavy atom. The number of benzene rings is 1. The molecule has 3 aromatic rings. The third-order valence-corrected chi connectivity index (χ3v) is 3.13. The fourth-order valence-electron chi connectivity index (χ4n) is 1.84. The number of nitrogens with one attached hydrogen (secondary N) is 1. The highest BCUT2D eigenvalue weighted by Gasteiger charge is 2.07. The minimum atomic E-state index is -0.232. The van der Waals surface area contributed by atoms with E-state index in [2.05, 4.69) is 31.2 Å². The third-order valence-electron chi connectivity index (χ3n) is 2.75. The van der Waals surface area contributed by atoms with Crippen LogP contribution in [0.3, 0.4) is 0 Å². The largest absolute Gasteiger partial charge is 0.363 e. The molecule has 0 atom stereocenters. The number of hydrogen-bond acceptors (Lipinski definition) is 3. The minimum Gasteiger partial charge on any atom is -0.363 e. The van der Waals surface area contributed by atoms with Crippen molar-refractivity contribution < 1.29 is 4.39 Å². The lowest BCUT2D eigenvalue weighted by Crippen LogP contribution is -2.05. The van der Waals surface area contributed by atoms with Crippen molar-refractivity contribution in [2.45, 2.75) is 6.54 Å². The summed E-state index contributed by atoms with van der Waals surface area (Å²) >= 11 is 3.33. The molecule has 0 aliphatic heterocycles. The Morgan fingerprint density at radius 1 is 1.32 bits per heavy atom. The molecule has 0 saturated carbocycles. The monoisotopic (exact) mass is 320 g/mol. The van der Waals surface area contributed by atoms with Crippen LogP contribution in [0.1, 0.15) is 5.56 Å². The topological polar surface area (TPSA) is 42.2 Å². The Kier molecular flexibility index (Phi) is 3.16. The number of imidazole rings is 1. The van der Waals surface area contributed by atoms with Gasteiger partial charge in [0.25, 0.3) is 0 Å². The third kappa shape index (κ3) is 2.44. The van der Waals surface area contributed by atoms with Crippen molar-refractivity contribution in [3.05, 3.63) is 58.8 Å². The van der Waals surface area contributed by atoms with E-state index in [1.165, 1.54) is 6.07 Å². The molecule has 0 fully saturated rings. The minimum absolute atomic E-state index is 0.232. The first-order valence-corrected chi connectivity index (χ1v) is 6.50. The molecular formula is C13H10BrFN4. The van der Waals surface area contributed by atoms with Crippen LogP contribution in [-0.2, 0) is 6.54 Å². The van der Waals surface area contributed by atoms with Crippen LogP contribution in [0.5, 0.6) is 0 Å². The molecule has 1 aromatic carbocycles. The Morgan fingerprint density at radius 3 is 3.00 bits per heavy atom. The summed E-state index contributed by atoms with van der Waals surface area (Å²) < 4.78 is 16.1. The molecule has 0 saturated heterocycles. The van der Waals surface area contributed by atoms with E-state index in [-0.39, 0.29) is 5.82 Å². The van der Waals surface area contributed by atoms with Gasteiger partial charge in [-0.15, -0.1) is 0 Å². The van der Waals surface area contributed by atoms with Crippen molar-refractivity contribution in [2.75, 3.05) is 5.32 Å². The van der Waals surface area contributed by atoms with Gasteiger partial charge in [-0.05, 0) is 22.0 Å². The first kappa shape index (κ1) is 12.1. The van der Waals surface area contributed by atoms with E-state index in [9.17, 15) is 4.39 Å². The number of aromatic nitrogens is 3. The van der Waals surface area contributed by atoms with E-state index >= 15 is 0 Å². The van der Waals surface area contributed by atoms with Crippen molar-refractivity contribution in [2.24, 2.45) is 0 Å². The number of nitrogens with zero attached hydrogens (tertiary/aromatic N) is 3. The van der Waals surface area contributed by atoms with Crippen molar-refractivity contribution in [3.8, 4) is 0 Å². The maximum atomic E-state index is 13.5. The summed E-state index contributed by atoms with van der Waals surface area (Å²) in [5.74, 6) is 0.381. The number of rotatable bonds is 3. The Labute approximate surface area is 117 Å². The molecule has 2 aromatic heterocycles. The summed E-state index contributed by atoms with van der Waals surface area (Å²) in [5, 5.41) is 3.11. The van der Waals surface area contributed by atoms with Gasteiger partial charge in [0.05, 0.1) is 0 Å². The van der Waals surface area contributed by atoms with Crippen LogP contribution in [0, 0.1) is 5.82 Å². The summed E-state index contributed by atoms with van der Waals surface area (Å²) in [7, 11) is 0. The van der Waals surface area contributed by atoms with Gasteiger partial charge in [0.15, 0.2) is 11.5 Å². The summed E-state index contributed by atoms with van der Waals surface area (Å²) in [4.78, 5) is 8.54. The van der Waals surface area contributed by atoms with E-state index in [0.717, 1.165) is 0 Å². The fraction of sp³-hybridized carbons (Fsp3) is 0.0769. The lowest BCUT2D eigenvalue weighted by Gasteiger charge is -2.08. The molecule has 0 radical (unpaired) electrons. The van der Waals surface area contributed by atoms with Gasteiger partial charge in [-0.3, -0.25) is 0 Å². The van der Waals surface area contributed by atoms with Gasteiger partial charge in [0, 0.05) is 30.7 Å². The maximum Gasteiger partial charge on any atom is 0.180 e. The number of fused-ring (bicyclic) bond motifs is 1. The van der Waals surface area contributed by atoms with Gasteiger partial charge < -0.3 is 9.72 Å². The van der Waals surface area contributed by atoms with Crippen LogP contribution in [0.25, 0.3) is 5.65 Å². The normalized spacial score (nSPS) is 10.8. The molecule has 19 heavy (non-hydrogen) atoms. The van der Waals surface area contributed by atoms with Crippen molar-refractivity contribution in [1.82, 2.24) is 14.4 Å². The predicted molar refractivity (Wildman–Crippen MR) is 74.4 cm³/mol. The average molecular weight is 321 g/mol. The van der Waals surface area contributed by atoms with E-state index in [4.69, 9.17) is 0 Å². The molecule has 0 amide bonds. The highest BCUT2D eigenvalue weighted by atomic mass is 79.9. The van der Waals surface area contributed by atoms with Crippen molar-refractivity contribution in [1.29, 1.82) is 0 Å². The first-order valence-electron chi connectivity index (χ1n) is 5.70. The van der Waals surface area contributed by atoms with Crippen LogP contribution in [0.4, 0.5) is 10.2 Å². The van der Waals surface area contributed by atoms with E-state index in [1.807, 2.05) is 16.8 Å². The molecular weight excluding hydrogens is 311 g/mol. The van der Waals surface area contributed by atoms with Gasteiger partial charge >= 0.3 is 0 Å². The zero-order valence-electron chi connectivity index (χ0n) is 9.85. The van der Waals surface area contributed by atoms with Crippen molar-refractivity contribution >= 4 is 27.4 Å². The molecule has 0 unspecified atom stereocenters. The van der Waals surface area contributed by atoms with E-state index in [0.29, 0.717) is 28.2 Å². The van der Waals surface area contributed by atoms with Gasteiger partial charge in [-0.25, -0.2) is 14.4 Å². The smallest absolute Gasteiger partial charge is 0.180 e. The molecule has 4 nitrogen and oxygen atoms in total. The fourth-order valence-corrected chi connectivity index (χ4v) is 2.24. The SMILES string of the molecule is Fc1ccccc1CNc1nc(Br)cn2ccnc12. The summed E-state index contributed by atoms with van der Waals surface area (Å²) in [5.41, 5.74) is 1.30. The molecule has 96 valence electrons. The first-order chi connectivity index (χ1) is 9.24. The van der Waals surface area contributed by atoms with Crippen LogP contribution >= 0.6 is 15.9 Å². The maximum absolute atomic E-state index is 13.5. The lowest BCUT2D eigenvalue weighted by molar-refractivity contribution is 0.613. The Bertz CT molecular complexity index is 725.